The maximum Gasteiger partial charge on any atom is 0.318 e. The molecule has 48 valence electrons. The number of carboxylic acids is 1. The lowest BCUT2D eigenvalue weighted by Gasteiger charge is -1.84. The molecule has 0 aromatic rings. The summed E-state index contributed by atoms with van der Waals surface area (Å²) in [5.74, 6) is 3.65. The van der Waals surface area contributed by atoms with E-state index in [-0.39, 0.29) is 6.54 Å². The molecular formula is C4H10N2O2. The summed E-state index contributed by atoms with van der Waals surface area (Å²) >= 11 is 0. The molecule has 0 heterocycles. The summed E-state index contributed by atoms with van der Waals surface area (Å²) in [5, 5.41) is 7.77. The zero-order valence-electron chi connectivity index (χ0n) is 4.55. The van der Waals surface area contributed by atoms with Crippen LogP contribution in [0.3, 0.4) is 0 Å². The fourth-order valence-electron chi connectivity index (χ4n) is 0.0873. The Labute approximate surface area is 48.0 Å². The minimum Gasteiger partial charge on any atom is -0.480 e. The van der Waals surface area contributed by atoms with E-state index < -0.39 is 5.97 Å². The lowest BCUT2D eigenvalue weighted by atomic mass is 10.7. The van der Waals surface area contributed by atoms with Crippen molar-refractivity contribution in [3.63, 3.8) is 0 Å². The first-order valence-corrected chi connectivity index (χ1v) is 1.92. The maximum absolute atomic E-state index is 9.46. The van der Waals surface area contributed by atoms with Crippen LogP contribution in [0.15, 0.2) is 13.2 Å². The van der Waals surface area contributed by atoms with Gasteiger partial charge in [0.15, 0.2) is 0 Å². The summed E-state index contributed by atoms with van der Waals surface area (Å²) in [4.78, 5) is 9.46. The van der Waals surface area contributed by atoms with Gasteiger partial charge >= 0.3 is 5.97 Å². The Bertz CT molecular complexity index is 65.1. The van der Waals surface area contributed by atoms with E-state index in [0.29, 0.717) is 0 Å². The fourth-order valence-corrected chi connectivity index (χ4v) is 0.0873. The van der Waals surface area contributed by atoms with Gasteiger partial charge in [0.2, 0.25) is 0 Å². The van der Waals surface area contributed by atoms with Crippen molar-refractivity contribution in [2.75, 3.05) is 6.54 Å². The summed E-state index contributed by atoms with van der Waals surface area (Å²) in [7, 11) is 0. The zero-order chi connectivity index (χ0) is 6.99. The number of hydrazine groups is 1. The van der Waals surface area contributed by atoms with Crippen molar-refractivity contribution < 1.29 is 9.90 Å². The highest BCUT2D eigenvalue weighted by molar-refractivity contribution is 5.68. The molecule has 0 saturated heterocycles. The Morgan fingerprint density at radius 3 is 2.12 bits per heavy atom. The predicted octanol–water partition coefficient (Wildman–Crippen LogP) is -0.663. The van der Waals surface area contributed by atoms with Crippen molar-refractivity contribution in [1.82, 2.24) is 5.43 Å². The second kappa shape index (κ2) is 9.46. The molecule has 0 bridgehead atoms. The Balaban J connectivity index is 0. The van der Waals surface area contributed by atoms with Crippen LogP contribution in [-0.2, 0) is 4.79 Å². The van der Waals surface area contributed by atoms with Crippen LogP contribution in [0, 0.1) is 0 Å². The van der Waals surface area contributed by atoms with Gasteiger partial charge in [0.1, 0.15) is 6.54 Å². The zero-order valence-corrected chi connectivity index (χ0v) is 4.55. The number of nitrogens with one attached hydrogen (secondary N) is 1. The van der Waals surface area contributed by atoms with Gasteiger partial charge in [-0.25, -0.2) is 5.43 Å². The van der Waals surface area contributed by atoms with E-state index in [2.05, 4.69) is 19.0 Å². The second-order valence-electron chi connectivity index (χ2n) is 0.775. The number of hydrogen-bond acceptors (Lipinski definition) is 3. The number of carbonyl (C=O) groups is 1. The SMILES string of the molecule is C=C.NNCC(=O)O. The maximum atomic E-state index is 9.46. The minimum absolute atomic E-state index is 0.181. The van der Waals surface area contributed by atoms with Crippen molar-refractivity contribution in [1.29, 1.82) is 0 Å². The Kier molecular flexibility index (Phi) is 12.0. The van der Waals surface area contributed by atoms with E-state index in [9.17, 15) is 4.79 Å². The molecule has 0 atom stereocenters. The molecule has 4 nitrogen and oxygen atoms in total. The van der Waals surface area contributed by atoms with Gasteiger partial charge in [-0.3, -0.25) is 10.6 Å². The summed E-state index contributed by atoms with van der Waals surface area (Å²) < 4.78 is 0. The molecule has 0 radical (unpaired) electrons. The van der Waals surface area contributed by atoms with Crippen LogP contribution < -0.4 is 11.3 Å². The Hall–Kier alpha value is -0.870. The average molecular weight is 118 g/mol. The Morgan fingerprint density at radius 2 is 2.12 bits per heavy atom. The smallest absolute Gasteiger partial charge is 0.318 e. The van der Waals surface area contributed by atoms with E-state index in [1.807, 2.05) is 5.43 Å². The predicted molar refractivity (Wildman–Crippen MR) is 31.1 cm³/mol. The molecule has 4 heteroatoms. The third kappa shape index (κ3) is 19.3. The summed E-state index contributed by atoms with van der Waals surface area (Å²) in [5.41, 5.74) is 1.97. The van der Waals surface area contributed by atoms with Gasteiger partial charge in [0, 0.05) is 0 Å². The molecule has 0 aliphatic rings. The van der Waals surface area contributed by atoms with E-state index in [4.69, 9.17) is 5.11 Å². The van der Waals surface area contributed by atoms with Gasteiger partial charge in [0.05, 0.1) is 0 Å². The fraction of sp³-hybridized carbons (Fsp3) is 0.250. The van der Waals surface area contributed by atoms with Crippen molar-refractivity contribution in [2.45, 2.75) is 0 Å². The highest BCUT2D eigenvalue weighted by Gasteiger charge is 1.86. The lowest BCUT2D eigenvalue weighted by molar-refractivity contribution is -0.135. The highest BCUT2D eigenvalue weighted by Crippen LogP contribution is 1.48. The highest BCUT2D eigenvalue weighted by atomic mass is 16.4. The van der Waals surface area contributed by atoms with Crippen LogP contribution in [0.5, 0.6) is 0 Å². The van der Waals surface area contributed by atoms with E-state index in [1.165, 1.54) is 0 Å². The van der Waals surface area contributed by atoms with Gasteiger partial charge in [-0.2, -0.15) is 0 Å². The lowest BCUT2D eigenvalue weighted by Crippen LogP contribution is -2.28. The third-order valence-corrected chi connectivity index (χ3v) is 0.253. The van der Waals surface area contributed by atoms with E-state index in [1.54, 1.807) is 0 Å². The molecule has 0 spiro atoms. The molecule has 0 aromatic heterocycles. The monoisotopic (exact) mass is 118 g/mol. The normalized spacial score (nSPS) is 6.62. The van der Waals surface area contributed by atoms with Crippen LogP contribution in [0.1, 0.15) is 0 Å². The van der Waals surface area contributed by atoms with Gasteiger partial charge < -0.3 is 5.11 Å². The van der Waals surface area contributed by atoms with Gasteiger partial charge in [-0.15, -0.1) is 13.2 Å². The second-order valence-corrected chi connectivity index (χ2v) is 0.775. The van der Waals surface area contributed by atoms with Crippen molar-refractivity contribution >= 4 is 5.97 Å². The molecule has 0 unspecified atom stereocenters. The average Bonchev–Trinajstić information content (AvgIpc) is 1.72. The van der Waals surface area contributed by atoms with Crippen LogP contribution in [0.25, 0.3) is 0 Å². The minimum atomic E-state index is -0.947. The third-order valence-electron chi connectivity index (χ3n) is 0.253. The molecule has 0 fully saturated rings. The Morgan fingerprint density at radius 1 is 1.75 bits per heavy atom. The van der Waals surface area contributed by atoms with E-state index in [0.717, 1.165) is 0 Å². The van der Waals surface area contributed by atoms with Gasteiger partial charge in [-0.05, 0) is 0 Å². The van der Waals surface area contributed by atoms with E-state index >= 15 is 0 Å². The number of carboxylic acid groups (broad SMARTS) is 1. The summed E-state index contributed by atoms with van der Waals surface area (Å²) in [6.07, 6.45) is 0. The van der Waals surface area contributed by atoms with Crippen LogP contribution in [0.4, 0.5) is 0 Å². The van der Waals surface area contributed by atoms with Crippen LogP contribution in [-0.4, -0.2) is 17.6 Å². The van der Waals surface area contributed by atoms with Crippen LogP contribution >= 0.6 is 0 Å². The van der Waals surface area contributed by atoms with Gasteiger partial charge in [0.25, 0.3) is 0 Å². The molecule has 0 aromatic carbocycles. The number of rotatable bonds is 2. The first kappa shape index (κ1) is 10.2. The number of aliphatic carboxylic acids is 1. The quantitative estimate of drug-likeness (QED) is 0.255. The summed E-state index contributed by atoms with van der Waals surface area (Å²) in [6, 6.07) is 0. The van der Waals surface area contributed by atoms with Crippen LogP contribution in [0.2, 0.25) is 0 Å². The number of hydrogen-bond donors (Lipinski definition) is 3. The standard InChI is InChI=1S/C2H6N2O2.C2H4/c3-4-1-2(5)6;1-2/h4H,1,3H2,(H,5,6);1-2H2. The molecular weight excluding hydrogens is 108 g/mol. The molecule has 0 amide bonds. The molecule has 0 aliphatic heterocycles. The van der Waals surface area contributed by atoms with Crippen molar-refractivity contribution in [3.8, 4) is 0 Å². The van der Waals surface area contributed by atoms with Crippen molar-refractivity contribution in [3.05, 3.63) is 13.2 Å². The molecule has 4 N–H and O–H groups in total. The largest absolute Gasteiger partial charge is 0.480 e. The van der Waals surface area contributed by atoms with Crippen molar-refractivity contribution in [2.24, 2.45) is 5.84 Å². The molecule has 0 rings (SSSR count). The summed E-state index contributed by atoms with van der Waals surface area (Å²) in [6.45, 7) is 5.82. The number of nitrogens with two attached hydrogens (primary N) is 1. The molecule has 0 saturated carbocycles. The van der Waals surface area contributed by atoms with Gasteiger partial charge in [-0.1, -0.05) is 0 Å². The first-order valence-electron chi connectivity index (χ1n) is 1.92. The topological polar surface area (TPSA) is 75.3 Å². The molecule has 0 aliphatic carbocycles. The first-order chi connectivity index (χ1) is 3.77. The molecule has 8 heavy (non-hydrogen) atoms.